The minimum Gasteiger partial charge on any atom is -0.306 e. The summed E-state index contributed by atoms with van der Waals surface area (Å²) < 4.78 is 2.12. The van der Waals surface area contributed by atoms with Gasteiger partial charge in [-0.1, -0.05) is 6.07 Å². The lowest BCUT2D eigenvalue weighted by molar-refractivity contribution is 0.197. The van der Waals surface area contributed by atoms with E-state index in [0.29, 0.717) is 11.9 Å². The van der Waals surface area contributed by atoms with Crippen LogP contribution in [0.2, 0.25) is 0 Å². The first-order valence-corrected chi connectivity index (χ1v) is 11.2. The van der Waals surface area contributed by atoms with Gasteiger partial charge in [-0.15, -0.1) is 11.3 Å². The Hall–Kier alpha value is -2.25. The van der Waals surface area contributed by atoms with Crippen LogP contribution in [0, 0.1) is 13.8 Å². The molecule has 0 aliphatic carbocycles. The van der Waals surface area contributed by atoms with Crippen LogP contribution in [-0.2, 0) is 6.54 Å². The van der Waals surface area contributed by atoms with E-state index in [0.717, 1.165) is 48.7 Å². The Morgan fingerprint density at radius 2 is 2.17 bits per heavy atom. The summed E-state index contributed by atoms with van der Waals surface area (Å²) >= 11 is 1.60. The predicted octanol–water partition coefficient (Wildman–Crippen LogP) is 4.27. The molecule has 1 saturated heterocycles. The van der Waals surface area contributed by atoms with Crippen molar-refractivity contribution in [3.63, 3.8) is 0 Å². The van der Waals surface area contributed by atoms with Crippen molar-refractivity contribution in [3.05, 3.63) is 56.6 Å². The van der Waals surface area contributed by atoms with Crippen LogP contribution >= 0.6 is 11.3 Å². The van der Waals surface area contributed by atoms with E-state index in [1.54, 1.807) is 17.4 Å². The van der Waals surface area contributed by atoms with E-state index in [-0.39, 0.29) is 11.5 Å². The van der Waals surface area contributed by atoms with Gasteiger partial charge >= 0.3 is 0 Å². The van der Waals surface area contributed by atoms with E-state index in [2.05, 4.69) is 42.3 Å². The number of aromatic amines is 1. The third-order valence-corrected chi connectivity index (χ3v) is 6.66. The molecule has 29 heavy (non-hydrogen) atoms. The van der Waals surface area contributed by atoms with Gasteiger partial charge in [0.2, 0.25) is 0 Å². The van der Waals surface area contributed by atoms with Gasteiger partial charge in [-0.3, -0.25) is 14.4 Å². The summed E-state index contributed by atoms with van der Waals surface area (Å²) in [5, 5.41) is 6.74. The highest BCUT2D eigenvalue weighted by Crippen LogP contribution is 2.29. The second kappa shape index (κ2) is 8.24. The monoisotopic (exact) mass is 411 g/mol. The van der Waals surface area contributed by atoms with Crippen LogP contribution in [0.1, 0.15) is 61.3 Å². The second-order valence-corrected chi connectivity index (χ2v) is 9.21. The molecule has 7 heteroatoms. The standard InChI is InChI=1S/C22H29N5OS/c1-14(2)27-16(4)18(15(3)25-27)13-26-9-5-7-17(12-26)19-11-21(28)24-22(23-19)20-8-6-10-29-20/h6,8,10-11,14,17H,5,7,9,12-13H2,1-4H3,(H,23,24,28). The molecule has 1 aliphatic heterocycles. The van der Waals surface area contributed by atoms with Crippen molar-refractivity contribution in [1.29, 1.82) is 0 Å². The summed E-state index contributed by atoms with van der Waals surface area (Å²) in [6.07, 6.45) is 2.18. The zero-order valence-corrected chi connectivity index (χ0v) is 18.4. The van der Waals surface area contributed by atoms with Crippen molar-refractivity contribution >= 4 is 11.3 Å². The number of aryl methyl sites for hydroxylation is 1. The van der Waals surface area contributed by atoms with Crippen LogP contribution in [0.25, 0.3) is 10.7 Å². The predicted molar refractivity (Wildman–Crippen MR) is 118 cm³/mol. The van der Waals surface area contributed by atoms with Gasteiger partial charge in [-0.25, -0.2) is 4.98 Å². The van der Waals surface area contributed by atoms with Crippen molar-refractivity contribution in [3.8, 4) is 10.7 Å². The Labute approximate surface area is 175 Å². The molecule has 154 valence electrons. The number of nitrogens with zero attached hydrogens (tertiary/aromatic N) is 4. The normalized spacial score (nSPS) is 17.9. The van der Waals surface area contributed by atoms with Crippen molar-refractivity contribution in [1.82, 2.24) is 24.6 Å². The van der Waals surface area contributed by atoms with Crippen molar-refractivity contribution in [2.45, 2.75) is 59.0 Å². The van der Waals surface area contributed by atoms with Crippen molar-refractivity contribution in [2.24, 2.45) is 0 Å². The van der Waals surface area contributed by atoms with Crippen LogP contribution in [0.15, 0.2) is 28.4 Å². The zero-order valence-electron chi connectivity index (χ0n) is 17.6. The summed E-state index contributed by atoms with van der Waals surface area (Å²) in [5.41, 5.74) is 4.55. The Balaban J connectivity index is 1.55. The quantitative estimate of drug-likeness (QED) is 0.681. The maximum atomic E-state index is 12.3. The maximum absolute atomic E-state index is 12.3. The number of H-pyrrole nitrogens is 1. The van der Waals surface area contributed by atoms with Crippen LogP contribution in [-0.4, -0.2) is 37.7 Å². The maximum Gasteiger partial charge on any atom is 0.251 e. The highest BCUT2D eigenvalue weighted by atomic mass is 32.1. The van der Waals surface area contributed by atoms with E-state index in [1.165, 1.54) is 11.3 Å². The number of aromatic nitrogens is 4. The molecule has 1 fully saturated rings. The summed E-state index contributed by atoms with van der Waals surface area (Å²) in [6.45, 7) is 11.5. The topological polar surface area (TPSA) is 66.8 Å². The first-order chi connectivity index (χ1) is 13.9. The summed E-state index contributed by atoms with van der Waals surface area (Å²) in [4.78, 5) is 23.5. The van der Waals surface area contributed by atoms with Crippen molar-refractivity contribution in [2.75, 3.05) is 13.1 Å². The van der Waals surface area contributed by atoms with Crippen LogP contribution in [0.5, 0.6) is 0 Å². The van der Waals surface area contributed by atoms with E-state index < -0.39 is 0 Å². The lowest BCUT2D eigenvalue weighted by Crippen LogP contribution is -2.35. The summed E-state index contributed by atoms with van der Waals surface area (Å²) in [7, 11) is 0. The number of hydrogen-bond acceptors (Lipinski definition) is 5. The van der Waals surface area contributed by atoms with Gasteiger partial charge in [-0.2, -0.15) is 5.10 Å². The molecule has 1 atom stereocenters. The van der Waals surface area contributed by atoms with Gasteiger partial charge in [0.05, 0.1) is 16.3 Å². The Bertz CT molecular complexity index is 1030. The SMILES string of the molecule is Cc1nn(C(C)C)c(C)c1CN1CCCC(c2cc(=O)[nH]c(-c3cccs3)n2)C1. The van der Waals surface area contributed by atoms with Gasteiger partial charge < -0.3 is 4.98 Å². The number of rotatable bonds is 5. The Kier molecular flexibility index (Phi) is 5.69. The van der Waals surface area contributed by atoms with Gasteiger partial charge in [0.25, 0.3) is 5.56 Å². The number of hydrogen-bond donors (Lipinski definition) is 1. The molecule has 4 rings (SSSR count). The summed E-state index contributed by atoms with van der Waals surface area (Å²) in [5.74, 6) is 0.968. The number of nitrogens with one attached hydrogen (secondary N) is 1. The fraction of sp³-hybridized carbons (Fsp3) is 0.500. The average molecular weight is 412 g/mol. The summed E-state index contributed by atoms with van der Waals surface area (Å²) in [6, 6.07) is 6.03. The highest BCUT2D eigenvalue weighted by Gasteiger charge is 2.25. The largest absolute Gasteiger partial charge is 0.306 e. The first kappa shape index (κ1) is 20.0. The fourth-order valence-electron chi connectivity index (χ4n) is 4.31. The van der Waals surface area contributed by atoms with Crippen LogP contribution in [0.4, 0.5) is 0 Å². The molecule has 0 aromatic carbocycles. The fourth-order valence-corrected chi connectivity index (χ4v) is 4.98. The molecule has 1 N–H and O–H groups in total. The first-order valence-electron chi connectivity index (χ1n) is 10.3. The lowest BCUT2D eigenvalue weighted by Gasteiger charge is -2.32. The lowest BCUT2D eigenvalue weighted by atomic mass is 9.94. The third-order valence-electron chi connectivity index (χ3n) is 5.79. The van der Waals surface area contributed by atoms with E-state index in [1.807, 2.05) is 17.5 Å². The molecular formula is C22H29N5OS. The minimum atomic E-state index is -0.0691. The molecule has 0 radical (unpaired) electrons. The smallest absolute Gasteiger partial charge is 0.251 e. The van der Waals surface area contributed by atoms with Crippen LogP contribution in [0.3, 0.4) is 0 Å². The van der Waals surface area contributed by atoms with Gasteiger partial charge in [0.15, 0.2) is 0 Å². The van der Waals surface area contributed by atoms with Crippen LogP contribution < -0.4 is 5.56 Å². The Morgan fingerprint density at radius 3 is 2.86 bits per heavy atom. The van der Waals surface area contributed by atoms with Gasteiger partial charge in [-0.05, 0) is 58.5 Å². The molecule has 0 bridgehead atoms. The average Bonchev–Trinajstić information content (AvgIpc) is 3.32. The Morgan fingerprint density at radius 1 is 1.34 bits per heavy atom. The molecule has 3 aromatic heterocycles. The molecule has 0 amide bonds. The third kappa shape index (κ3) is 4.21. The molecule has 0 spiro atoms. The van der Waals surface area contributed by atoms with Gasteiger partial charge in [0.1, 0.15) is 5.82 Å². The molecule has 1 aliphatic rings. The van der Waals surface area contributed by atoms with E-state index in [4.69, 9.17) is 10.1 Å². The second-order valence-electron chi connectivity index (χ2n) is 8.26. The highest BCUT2D eigenvalue weighted by molar-refractivity contribution is 7.13. The molecule has 6 nitrogen and oxygen atoms in total. The molecule has 3 aromatic rings. The molecule has 0 saturated carbocycles. The van der Waals surface area contributed by atoms with Gasteiger partial charge in [0, 0.05) is 42.4 Å². The van der Waals surface area contributed by atoms with E-state index in [9.17, 15) is 4.79 Å². The molecule has 4 heterocycles. The minimum absolute atomic E-state index is 0.0691. The molecular weight excluding hydrogens is 382 g/mol. The number of likely N-dealkylation sites (tertiary alicyclic amines) is 1. The van der Waals surface area contributed by atoms with Crippen molar-refractivity contribution < 1.29 is 0 Å². The number of thiophene rings is 1. The van der Waals surface area contributed by atoms with E-state index >= 15 is 0 Å². The molecule has 1 unspecified atom stereocenters. The zero-order chi connectivity index (χ0) is 20.5. The number of piperidine rings is 1.